The fourth-order valence-electron chi connectivity index (χ4n) is 1.59. The summed E-state index contributed by atoms with van der Waals surface area (Å²) in [5, 5.41) is 3.83. The van der Waals surface area contributed by atoms with Crippen LogP contribution < -0.4 is 10.5 Å². The quantitative estimate of drug-likeness (QED) is 0.806. The van der Waals surface area contributed by atoms with Gasteiger partial charge < -0.3 is 5.73 Å². The highest BCUT2D eigenvalue weighted by Gasteiger charge is 2.24. The van der Waals surface area contributed by atoms with Gasteiger partial charge in [-0.2, -0.15) is 9.49 Å². The topological polar surface area (TPSA) is 103 Å². The van der Waals surface area contributed by atoms with Crippen LogP contribution in [-0.2, 0) is 17.1 Å². The van der Waals surface area contributed by atoms with E-state index in [4.69, 9.17) is 5.73 Å². The SMILES string of the molecule is Cc1c(S(=O)(=O)Nc2ccc(F)nc2)c(N)nn1C. The van der Waals surface area contributed by atoms with Crippen LogP contribution in [-0.4, -0.2) is 23.2 Å². The summed E-state index contributed by atoms with van der Waals surface area (Å²) < 4.78 is 40.6. The Morgan fingerprint density at radius 2 is 2.11 bits per heavy atom. The van der Waals surface area contributed by atoms with Gasteiger partial charge in [0.05, 0.1) is 17.6 Å². The summed E-state index contributed by atoms with van der Waals surface area (Å²) >= 11 is 0. The molecule has 19 heavy (non-hydrogen) atoms. The van der Waals surface area contributed by atoms with Crippen molar-refractivity contribution < 1.29 is 12.8 Å². The van der Waals surface area contributed by atoms with Crippen LogP contribution in [0.2, 0.25) is 0 Å². The van der Waals surface area contributed by atoms with Gasteiger partial charge in [-0.15, -0.1) is 0 Å². The first-order chi connectivity index (χ1) is 8.81. The number of nitrogens with one attached hydrogen (secondary N) is 1. The number of hydrogen-bond acceptors (Lipinski definition) is 5. The molecular formula is C10H12FN5O2S. The Morgan fingerprint density at radius 3 is 2.58 bits per heavy atom. The molecule has 2 aromatic rings. The second kappa shape index (κ2) is 4.50. The highest BCUT2D eigenvalue weighted by Crippen LogP contribution is 2.23. The van der Waals surface area contributed by atoms with Crippen molar-refractivity contribution in [3.63, 3.8) is 0 Å². The van der Waals surface area contributed by atoms with Crippen LogP contribution in [0, 0.1) is 12.9 Å². The van der Waals surface area contributed by atoms with Gasteiger partial charge >= 0.3 is 0 Å². The molecule has 0 bridgehead atoms. The number of sulfonamides is 1. The molecule has 0 aromatic carbocycles. The number of aromatic nitrogens is 3. The van der Waals surface area contributed by atoms with Crippen molar-refractivity contribution in [2.24, 2.45) is 7.05 Å². The number of nitrogens with two attached hydrogens (primary N) is 1. The predicted octanol–water partition coefficient (Wildman–Crippen LogP) is 0.646. The van der Waals surface area contributed by atoms with E-state index in [1.54, 1.807) is 14.0 Å². The zero-order chi connectivity index (χ0) is 14.2. The maximum absolute atomic E-state index is 12.7. The van der Waals surface area contributed by atoms with Gasteiger partial charge in [0, 0.05) is 7.05 Å². The maximum Gasteiger partial charge on any atom is 0.267 e. The second-order valence-electron chi connectivity index (χ2n) is 3.90. The predicted molar refractivity (Wildman–Crippen MR) is 67.4 cm³/mol. The molecule has 2 rings (SSSR count). The molecule has 0 saturated heterocycles. The number of pyridine rings is 1. The third-order valence-electron chi connectivity index (χ3n) is 2.55. The lowest BCUT2D eigenvalue weighted by molar-refractivity contribution is 0.583. The number of halogens is 1. The van der Waals surface area contributed by atoms with Crippen molar-refractivity contribution >= 4 is 21.5 Å². The van der Waals surface area contributed by atoms with Gasteiger partial charge in [-0.1, -0.05) is 0 Å². The molecule has 0 amide bonds. The highest BCUT2D eigenvalue weighted by molar-refractivity contribution is 7.93. The summed E-state index contributed by atoms with van der Waals surface area (Å²) in [4.78, 5) is 3.26. The minimum absolute atomic E-state index is 0.0948. The van der Waals surface area contributed by atoms with E-state index in [0.717, 1.165) is 12.3 Å². The smallest absolute Gasteiger partial charge is 0.267 e. The Kier molecular flexibility index (Phi) is 3.14. The molecule has 0 unspecified atom stereocenters. The molecule has 0 atom stereocenters. The summed E-state index contributed by atoms with van der Waals surface area (Å²) in [6.07, 6.45) is 1.08. The molecule has 0 spiro atoms. The van der Waals surface area contributed by atoms with E-state index in [9.17, 15) is 12.8 Å². The number of aryl methyl sites for hydroxylation is 1. The summed E-state index contributed by atoms with van der Waals surface area (Å²) in [6, 6.07) is 2.32. The molecule has 102 valence electrons. The highest BCUT2D eigenvalue weighted by atomic mass is 32.2. The average Bonchev–Trinajstić information content (AvgIpc) is 2.56. The van der Waals surface area contributed by atoms with E-state index in [2.05, 4.69) is 14.8 Å². The van der Waals surface area contributed by atoms with Gasteiger partial charge in [-0.25, -0.2) is 13.4 Å². The fraction of sp³-hybridized carbons (Fsp3) is 0.200. The van der Waals surface area contributed by atoms with Gasteiger partial charge in [-0.3, -0.25) is 9.40 Å². The lowest BCUT2D eigenvalue weighted by Crippen LogP contribution is -2.15. The summed E-state index contributed by atoms with van der Waals surface area (Å²) in [7, 11) is -2.30. The molecule has 2 heterocycles. The minimum atomic E-state index is -3.89. The average molecular weight is 285 g/mol. The molecular weight excluding hydrogens is 273 g/mol. The van der Waals surface area contributed by atoms with Gasteiger partial charge in [-0.05, 0) is 19.1 Å². The molecule has 0 radical (unpaired) electrons. The summed E-state index contributed by atoms with van der Waals surface area (Å²) in [5.41, 5.74) is 6.12. The minimum Gasteiger partial charge on any atom is -0.381 e. The van der Waals surface area contributed by atoms with Crippen LogP contribution in [0.4, 0.5) is 15.9 Å². The van der Waals surface area contributed by atoms with Crippen LogP contribution in [0.3, 0.4) is 0 Å². The van der Waals surface area contributed by atoms with Gasteiger partial charge in [0.15, 0.2) is 10.7 Å². The lowest BCUT2D eigenvalue weighted by atomic mass is 10.4. The first-order valence-electron chi connectivity index (χ1n) is 5.24. The molecule has 0 fully saturated rings. The lowest BCUT2D eigenvalue weighted by Gasteiger charge is -2.07. The van der Waals surface area contributed by atoms with Gasteiger partial charge in [0.1, 0.15) is 0 Å². The Balaban J connectivity index is 2.40. The molecule has 2 aromatic heterocycles. The first-order valence-corrected chi connectivity index (χ1v) is 6.73. The molecule has 3 N–H and O–H groups in total. The maximum atomic E-state index is 12.7. The Hall–Kier alpha value is -2.16. The first kappa shape index (κ1) is 13.3. The third-order valence-corrected chi connectivity index (χ3v) is 4.10. The normalized spacial score (nSPS) is 11.5. The standard InChI is InChI=1S/C10H12FN5O2S/c1-6-9(10(12)14-16(6)2)19(17,18)15-7-3-4-8(11)13-5-7/h3-5,15H,1-2H3,(H2,12,14). The molecule has 7 nitrogen and oxygen atoms in total. The van der Waals surface area contributed by atoms with Gasteiger partial charge in [0.2, 0.25) is 5.95 Å². The van der Waals surface area contributed by atoms with E-state index >= 15 is 0 Å². The fourth-order valence-corrected chi connectivity index (χ4v) is 2.96. The van der Waals surface area contributed by atoms with Crippen molar-refractivity contribution in [1.29, 1.82) is 0 Å². The monoisotopic (exact) mass is 285 g/mol. The molecule has 0 saturated carbocycles. The largest absolute Gasteiger partial charge is 0.381 e. The van der Waals surface area contributed by atoms with Crippen molar-refractivity contribution in [2.45, 2.75) is 11.8 Å². The van der Waals surface area contributed by atoms with Crippen LogP contribution >= 0.6 is 0 Å². The van der Waals surface area contributed by atoms with Crippen LogP contribution in [0.1, 0.15) is 5.69 Å². The summed E-state index contributed by atoms with van der Waals surface area (Å²) in [6.45, 7) is 1.58. The van der Waals surface area contributed by atoms with Crippen LogP contribution in [0.15, 0.2) is 23.2 Å². The molecule has 9 heteroatoms. The second-order valence-corrected chi connectivity index (χ2v) is 5.52. The number of nitrogens with zero attached hydrogens (tertiary/aromatic N) is 3. The number of nitrogen functional groups attached to an aromatic ring is 1. The van der Waals surface area contributed by atoms with Gasteiger partial charge in [0.25, 0.3) is 10.0 Å². The van der Waals surface area contributed by atoms with Crippen molar-refractivity contribution in [2.75, 3.05) is 10.5 Å². The van der Waals surface area contributed by atoms with Crippen molar-refractivity contribution in [1.82, 2.24) is 14.8 Å². The third kappa shape index (κ3) is 2.50. The van der Waals surface area contributed by atoms with E-state index < -0.39 is 16.0 Å². The molecule has 0 aliphatic rings. The zero-order valence-electron chi connectivity index (χ0n) is 10.3. The van der Waals surface area contributed by atoms with E-state index in [0.29, 0.717) is 5.69 Å². The number of hydrogen-bond donors (Lipinski definition) is 2. The van der Waals surface area contributed by atoms with E-state index in [1.165, 1.54) is 10.7 Å². The summed E-state index contributed by atoms with van der Waals surface area (Å²) in [5.74, 6) is -0.789. The number of anilines is 2. The molecule has 0 aliphatic carbocycles. The molecule has 0 aliphatic heterocycles. The van der Waals surface area contributed by atoms with Crippen LogP contribution in [0.25, 0.3) is 0 Å². The zero-order valence-corrected chi connectivity index (χ0v) is 11.1. The van der Waals surface area contributed by atoms with Crippen molar-refractivity contribution in [3.8, 4) is 0 Å². The Bertz CT molecular complexity index is 708. The van der Waals surface area contributed by atoms with E-state index in [-0.39, 0.29) is 16.4 Å². The van der Waals surface area contributed by atoms with Crippen molar-refractivity contribution in [3.05, 3.63) is 30.0 Å². The Labute approximate surface area is 109 Å². The number of rotatable bonds is 3. The van der Waals surface area contributed by atoms with E-state index in [1.807, 2.05) is 0 Å². The van der Waals surface area contributed by atoms with Crippen LogP contribution in [0.5, 0.6) is 0 Å². The Morgan fingerprint density at radius 1 is 1.42 bits per heavy atom.